The average Bonchev–Trinajstić information content (AvgIpc) is 3.06. The Hall–Kier alpha value is -4.78. The molecule has 0 bridgehead atoms. The van der Waals surface area contributed by atoms with Crippen LogP contribution in [0.5, 0.6) is 23.0 Å². The van der Waals surface area contributed by atoms with Gasteiger partial charge in [0.15, 0.2) is 23.0 Å². The lowest BCUT2D eigenvalue weighted by Gasteiger charge is -2.38. The molecule has 0 radical (unpaired) electrons. The number of carboxylic acid groups (broad SMARTS) is 2. The summed E-state index contributed by atoms with van der Waals surface area (Å²) in [4.78, 5) is 44.2. The molecule has 1 atom stereocenters. The van der Waals surface area contributed by atoms with Crippen LogP contribution in [-0.2, 0) is 41.5 Å². The Labute approximate surface area is 268 Å². The maximum atomic E-state index is 12.6. The van der Waals surface area contributed by atoms with E-state index in [1.54, 1.807) is 28.4 Å². The third-order valence-corrected chi connectivity index (χ3v) is 7.24. The topological polar surface area (TPSA) is 167 Å². The zero-order valence-corrected chi connectivity index (χ0v) is 26.7. The van der Waals surface area contributed by atoms with Crippen molar-refractivity contribution in [2.75, 3.05) is 54.7 Å². The predicted molar refractivity (Wildman–Crippen MR) is 167 cm³/mol. The van der Waals surface area contributed by atoms with Crippen LogP contribution in [0.1, 0.15) is 48.4 Å². The zero-order valence-electron chi connectivity index (χ0n) is 26.7. The third kappa shape index (κ3) is 11.6. The summed E-state index contributed by atoms with van der Waals surface area (Å²) in [6.07, 6.45) is 5.24. The Balaban J connectivity index is 0.00000112. The first-order chi connectivity index (χ1) is 22.1. The van der Waals surface area contributed by atoms with Crippen LogP contribution in [-0.4, -0.2) is 93.7 Å². The van der Waals surface area contributed by atoms with E-state index in [1.165, 1.54) is 5.56 Å². The molecule has 0 saturated heterocycles. The van der Waals surface area contributed by atoms with E-state index in [1.807, 2.05) is 18.2 Å². The van der Waals surface area contributed by atoms with Gasteiger partial charge in [-0.05, 0) is 73.1 Å². The van der Waals surface area contributed by atoms with Crippen LogP contribution < -0.4 is 18.9 Å². The fourth-order valence-electron chi connectivity index (χ4n) is 4.92. The van der Waals surface area contributed by atoms with E-state index in [2.05, 4.69) is 23.6 Å². The monoisotopic (exact) mass is 645 g/mol. The highest BCUT2D eigenvalue weighted by atomic mass is 16.5. The number of unbranched alkanes of at least 4 members (excludes halogenated alkanes) is 2. The van der Waals surface area contributed by atoms with Gasteiger partial charge in [-0.25, -0.2) is 14.4 Å². The number of hydrogen-bond acceptors (Lipinski definition) is 11. The van der Waals surface area contributed by atoms with Crippen LogP contribution in [0.25, 0.3) is 0 Å². The number of methoxy groups -OCH3 is 4. The van der Waals surface area contributed by atoms with Gasteiger partial charge in [-0.1, -0.05) is 12.6 Å². The quantitative estimate of drug-likeness (QED) is 0.117. The number of ether oxygens (including phenoxy) is 6. The van der Waals surface area contributed by atoms with Crippen LogP contribution in [0.4, 0.5) is 0 Å². The van der Waals surface area contributed by atoms with Gasteiger partial charge in [0.25, 0.3) is 0 Å². The van der Waals surface area contributed by atoms with Gasteiger partial charge >= 0.3 is 23.9 Å². The number of hydrogen-bond donors (Lipinski definition) is 2. The smallest absolute Gasteiger partial charge is 0.414 e. The highest BCUT2D eigenvalue weighted by Crippen LogP contribution is 2.40. The van der Waals surface area contributed by atoms with Crippen LogP contribution in [0.15, 0.2) is 43.0 Å². The van der Waals surface area contributed by atoms with Crippen molar-refractivity contribution in [1.82, 2.24) is 4.90 Å². The molecule has 2 N–H and O–H groups in total. The average molecular weight is 646 g/mol. The van der Waals surface area contributed by atoms with Gasteiger partial charge in [0, 0.05) is 25.2 Å². The van der Waals surface area contributed by atoms with Crippen molar-refractivity contribution in [3.63, 3.8) is 0 Å². The maximum absolute atomic E-state index is 12.6. The summed E-state index contributed by atoms with van der Waals surface area (Å²) in [6.45, 7) is 5.43. The van der Waals surface area contributed by atoms with E-state index in [0.717, 1.165) is 49.4 Å². The number of fused-ring (bicyclic) bond motifs is 1. The Bertz CT molecular complexity index is 1330. The molecular weight excluding hydrogens is 602 g/mol. The molecule has 1 aliphatic heterocycles. The number of benzene rings is 2. The molecule has 0 fully saturated rings. The van der Waals surface area contributed by atoms with Gasteiger partial charge in [0.2, 0.25) is 0 Å². The predicted octanol–water partition coefficient (Wildman–Crippen LogP) is 3.85. The molecule has 2 aromatic carbocycles. The molecule has 13 heteroatoms. The first kappa shape index (κ1) is 37.4. The number of nitrogens with zero attached hydrogens (tertiary/aromatic N) is 1. The van der Waals surface area contributed by atoms with Gasteiger partial charge in [0.05, 0.1) is 48.1 Å². The normalized spacial score (nSPS) is 13.6. The fourth-order valence-corrected chi connectivity index (χ4v) is 4.92. The van der Waals surface area contributed by atoms with Crippen molar-refractivity contribution in [2.24, 2.45) is 0 Å². The Morgan fingerprint density at radius 3 is 2.00 bits per heavy atom. The Kier molecular flexibility index (Phi) is 15.9. The molecule has 1 heterocycles. The first-order valence-electron chi connectivity index (χ1n) is 14.7. The SMILES string of the molecule is C=CC(=O)OCCCCCOC(=O)CCN1CCc2cc(OC)c(OC)cc2C1Cc1ccc(OC)c(OC)c1.O=C(O)C(=O)O. The second kappa shape index (κ2) is 19.6. The van der Waals surface area contributed by atoms with Crippen molar-refractivity contribution in [3.05, 3.63) is 59.7 Å². The van der Waals surface area contributed by atoms with E-state index >= 15 is 0 Å². The first-order valence-corrected chi connectivity index (χ1v) is 14.7. The Morgan fingerprint density at radius 1 is 0.826 bits per heavy atom. The minimum Gasteiger partial charge on any atom is -0.493 e. The summed E-state index contributed by atoms with van der Waals surface area (Å²) in [5.41, 5.74) is 3.46. The minimum absolute atomic E-state index is 0.0210. The molecule has 13 nitrogen and oxygen atoms in total. The summed E-state index contributed by atoms with van der Waals surface area (Å²) in [6, 6.07) is 10.1. The molecule has 252 valence electrons. The fraction of sp³-hybridized carbons (Fsp3) is 0.455. The largest absolute Gasteiger partial charge is 0.493 e. The van der Waals surface area contributed by atoms with Crippen LogP contribution in [0.3, 0.4) is 0 Å². The van der Waals surface area contributed by atoms with Crippen molar-refractivity contribution < 1.29 is 57.8 Å². The van der Waals surface area contributed by atoms with Crippen LogP contribution in [0.2, 0.25) is 0 Å². The highest BCUT2D eigenvalue weighted by molar-refractivity contribution is 6.27. The lowest BCUT2D eigenvalue weighted by atomic mass is 9.88. The van der Waals surface area contributed by atoms with E-state index in [0.29, 0.717) is 55.6 Å². The molecule has 1 unspecified atom stereocenters. The molecule has 0 spiro atoms. The third-order valence-electron chi connectivity index (χ3n) is 7.24. The van der Waals surface area contributed by atoms with E-state index < -0.39 is 17.9 Å². The Morgan fingerprint density at radius 2 is 1.41 bits per heavy atom. The van der Waals surface area contributed by atoms with Crippen molar-refractivity contribution in [2.45, 2.75) is 44.6 Å². The molecular formula is C33H43NO12. The second-order valence-corrected chi connectivity index (χ2v) is 10.1. The number of carbonyl (C=O) groups is 4. The molecule has 3 rings (SSSR count). The zero-order chi connectivity index (χ0) is 34.1. The number of aliphatic carboxylic acids is 2. The number of carboxylic acids is 2. The van der Waals surface area contributed by atoms with Gasteiger partial charge in [-0.15, -0.1) is 0 Å². The molecule has 0 amide bonds. The summed E-state index contributed by atoms with van der Waals surface area (Å²) in [7, 11) is 6.53. The molecule has 46 heavy (non-hydrogen) atoms. The van der Waals surface area contributed by atoms with Gasteiger partial charge in [-0.2, -0.15) is 0 Å². The van der Waals surface area contributed by atoms with Gasteiger partial charge < -0.3 is 38.6 Å². The number of esters is 2. The summed E-state index contributed by atoms with van der Waals surface area (Å²) >= 11 is 0. The molecule has 1 aliphatic rings. The van der Waals surface area contributed by atoms with E-state index in [9.17, 15) is 9.59 Å². The molecule has 0 saturated carbocycles. The van der Waals surface area contributed by atoms with E-state index in [-0.39, 0.29) is 12.0 Å². The van der Waals surface area contributed by atoms with Crippen molar-refractivity contribution in [1.29, 1.82) is 0 Å². The van der Waals surface area contributed by atoms with Crippen LogP contribution >= 0.6 is 0 Å². The van der Waals surface area contributed by atoms with Crippen molar-refractivity contribution >= 4 is 23.9 Å². The molecule has 2 aromatic rings. The number of rotatable bonds is 16. The highest BCUT2D eigenvalue weighted by Gasteiger charge is 2.30. The van der Waals surface area contributed by atoms with Crippen molar-refractivity contribution in [3.8, 4) is 23.0 Å². The van der Waals surface area contributed by atoms with Gasteiger partial charge in [0.1, 0.15) is 0 Å². The lowest BCUT2D eigenvalue weighted by Crippen LogP contribution is -2.38. The summed E-state index contributed by atoms with van der Waals surface area (Å²) in [5, 5.41) is 14.8. The molecule has 0 aromatic heterocycles. The molecule has 0 aliphatic carbocycles. The maximum Gasteiger partial charge on any atom is 0.414 e. The van der Waals surface area contributed by atoms with Crippen LogP contribution in [0, 0.1) is 0 Å². The number of carbonyl (C=O) groups excluding carboxylic acids is 2. The lowest BCUT2D eigenvalue weighted by molar-refractivity contribution is -0.159. The summed E-state index contributed by atoms with van der Waals surface area (Å²) in [5.74, 6) is -1.54. The summed E-state index contributed by atoms with van der Waals surface area (Å²) < 4.78 is 32.5. The minimum atomic E-state index is -1.82. The second-order valence-electron chi connectivity index (χ2n) is 10.1. The van der Waals surface area contributed by atoms with E-state index in [4.69, 9.17) is 48.2 Å². The van der Waals surface area contributed by atoms with Gasteiger partial charge in [-0.3, -0.25) is 9.69 Å². The standard InChI is InChI=1S/C31H41NO8.C2H2O4/c1-6-30(33)39-16-8-7-9-17-40-31(34)13-15-32-14-12-23-20-28(37-4)29(38-5)21-24(23)25(32)18-22-10-11-26(35-2)27(19-22)36-3;3-1(4)2(5)6/h6,10-11,19-21,25H,1,7-9,12-18H2,2-5H3;(H,3,4)(H,5,6).